The third kappa shape index (κ3) is 21.7. The van der Waals surface area contributed by atoms with Crippen LogP contribution in [0.2, 0.25) is 0 Å². The van der Waals surface area contributed by atoms with E-state index in [0.29, 0.717) is 0 Å². The predicted molar refractivity (Wildman–Crippen MR) is 277 cm³/mol. The topological polar surface area (TPSA) is 232 Å². The second kappa shape index (κ2) is 35.9. The number of amides is 6. The van der Waals surface area contributed by atoms with Crippen molar-refractivity contribution in [2.75, 3.05) is 78.8 Å². The molecule has 1 unspecified atom stereocenters. The van der Waals surface area contributed by atoms with Crippen LogP contribution in [-0.4, -0.2) is 232 Å². The van der Waals surface area contributed by atoms with Gasteiger partial charge in [-0.2, -0.15) is 158 Å². The summed E-state index contributed by atoms with van der Waals surface area (Å²) in [6, 6.07) is 0. The first-order valence-corrected chi connectivity index (χ1v) is 29.3. The first-order chi connectivity index (χ1) is 47.0. The van der Waals surface area contributed by atoms with E-state index in [1.807, 2.05) is 0 Å². The SMILES string of the molecule is CCCCNC(=O)OCC(F)(F)C(F)(F)C(F)(F)C(F)(F)C(F)(F)C(F)(F)COC(=O)NCCCCC(CCCNC(=O)OCC(F)(F)C(F)(F)C(F)(F)C(F)(F)C(F)(F)C(F)(F)COC(=O)NCCCC)CNC(=O)OCC(F)(F)C(F)(F)C(F)(F)C(F)(F)C(F)(F)C(F)(F)CN(CCCC)C(=O)O. The lowest BCUT2D eigenvalue weighted by Crippen LogP contribution is -2.72. The summed E-state index contributed by atoms with van der Waals surface area (Å²) < 4.78 is 537. The molecular formula is C51H62F36N6O12. The van der Waals surface area contributed by atoms with Crippen LogP contribution in [0.4, 0.5) is 187 Å². The standard InChI is InChI=1S/C51H62F36N6O12/c1-4-7-15-88-28(94)101-22-35(54,55)42(68,69)48(80,81)50(84,85)44(72,73)37(58,59)24-103-30(96)90-17-11-10-13-27(20-92-32(98)105-26-39(62,63)41(66,67)47(78,79)46(76,77)40(64,65)34(52,53)21-93(33(99)100)19-9-6-3)14-12-18-91-31(97)104-25-38(60,61)45(74,75)51(86,87)49(82,83)43(70,71)36(56,57)23-102-29(95)89-16-8-5-2/h27H,4-26H2,1-3H3,(H,88,94)(H,89,95)(H,90,96)(H,91,97)(H,92,98)(H,99,100). The highest BCUT2D eigenvalue weighted by molar-refractivity contribution is 5.69. The number of alkyl halides is 36. The molecular weight excluding hydrogens is 1570 g/mol. The summed E-state index contributed by atoms with van der Waals surface area (Å²) in [5.74, 6) is -140. The van der Waals surface area contributed by atoms with E-state index in [1.165, 1.54) is 36.7 Å². The van der Waals surface area contributed by atoms with Gasteiger partial charge in [0, 0.05) is 39.3 Å². The van der Waals surface area contributed by atoms with Crippen LogP contribution in [0.5, 0.6) is 0 Å². The van der Waals surface area contributed by atoms with Crippen LogP contribution in [0.15, 0.2) is 0 Å². The molecule has 0 saturated carbocycles. The largest absolute Gasteiger partial charge is 0.465 e. The van der Waals surface area contributed by atoms with Gasteiger partial charge >= 0.3 is 143 Å². The van der Waals surface area contributed by atoms with Gasteiger partial charge < -0.3 is 60.3 Å². The monoisotopic (exact) mass is 1630 g/mol. The van der Waals surface area contributed by atoms with Crippen molar-refractivity contribution in [3.8, 4) is 0 Å². The number of carbonyl (C=O) groups excluding carboxylic acids is 5. The number of hydrogen-bond acceptors (Lipinski definition) is 11. The molecule has 0 heterocycles. The molecule has 0 aliphatic rings. The fraction of sp³-hybridized carbons (Fsp3) is 0.882. The van der Waals surface area contributed by atoms with Gasteiger partial charge in [0.25, 0.3) is 0 Å². The van der Waals surface area contributed by atoms with Crippen molar-refractivity contribution in [3.63, 3.8) is 0 Å². The number of halogens is 36. The Morgan fingerprint density at radius 1 is 0.295 bits per heavy atom. The zero-order valence-corrected chi connectivity index (χ0v) is 53.3. The molecule has 0 saturated heterocycles. The van der Waals surface area contributed by atoms with Gasteiger partial charge in [-0.3, -0.25) is 0 Å². The number of nitrogens with zero attached hydrogens (tertiary/aromatic N) is 1. The maximum atomic E-state index is 14.7. The Bertz CT molecular complexity index is 2830. The second-order valence-corrected chi connectivity index (χ2v) is 22.4. The molecule has 0 aromatic rings. The molecule has 0 radical (unpaired) electrons. The first kappa shape index (κ1) is 98.1. The molecule has 620 valence electrons. The van der Waals surface area contributed by atoms with Gasteiger partial charge in [-0.15, -0.1) is 0 Å². The Labute approximate surface area is 566 Å². The zero-order valence-electron chi connectivity index (χ0n) is 53.3. The summed E-state index contributed by atoms with van der Waals surface area (Å²) in [5.41, 5.74) is 0. The number of alkyl carbamates (subject to hydrolysis) is 5. The molecule has 0 aromatic heterocycles. The van der Waals surface area contributed by atoms with Gasteiger partial charge in [0.05, 0.1) is 6.54 Å². The van der Waals surface area contributed by atoms with Crippen LogP contribution in [0.3, 0.4) is 0 Å². The van der Waals surface area contributed by atoms with Crippen molar-refractivity contribution in [3.05, 3.63) is 0 Å². The van der Waals surface area contributed by atoms with Crippen molar-refractivity contribution < 1.29 is 216 Å². The Hall–Kier alpha value is -6.90. The number of carboxylic acid groups (broad SMARTS) is 1. The lowest BCUT2D eigenvalue weighted by molar-refractivity contribution is -0.427. The highest BCUT2D eigenvalue weighted by Gasteiger charge is 2.93. The minimum absolute atomic E-state index is 0.0324. The Kier molecular flexibility index (Phi) is 33.5. The normalized spacial score (nSPS) is 14.6. The average molecular weight is 1640 g/mol. The average Bonchev–Trinajstić information content (AvgIpc) is 0.723. The number of ether oxygens (including phenoxy) is 5. The highest BCUT2D eigenvalue weighted by atomic mass is 19.4. The lowest BCUT2D eigenvalue weighted by Gasteiger charge is -2.41. The van der Waals surface area contributed by atoms with E-state index in [4.69, 9.17) is 5.11 Å². The summed E-state index contributed by atoms with van der Waals surface area (Å²) >= 11 is 0. The smallest absolute Gasteiger partial charge is 0.407 e. The number of unbranched alkanes of at least 4 members (excludes halogenated alkanes) is 4. The fourth-order valence-corrected chi connectivity index (χ4v) is 7.62. The predicted octanol–water partition coefficient (Wildman–Crippen LogP) is 16.0. The summed E-state index contributed by atoms with van der Waals surface area (Å²) in [7, 11) is 0. The Morgan fingerprint density at radius 2 is 0.514 bits per heavy atom. The van der Waals surface area contributed by atoms with Crippen LogP contribution < -0.4 is 26.6 Å². The molecule has 0 aliphatic carbocycles. The van der Waals surface area contributed by atoms with E-state index in [0.717, 1.165) is 0 Å². The van der Waals surface area contributed by atoms with Crippen LogP contribution in [-0.2, 0) is 23.7 Å². The lowest BCUT2D eigenvalue weighted by atomic mass is 9.91. The second-order valence-electron chi connectivity index (χ2n) is 22.4. The van der Waals surface area contributed by atoms with E-state index < -0.39 is 271 Å². The number of hydrogen-bond donors (Lipinski definition) is 6. The summed E-state index contributed by atoms with van der Waals surface area (Å²) in [5, 5.41) is 16.0. The van der Waals surface area contributed by atoms with Gasteiger partial charge in [-0.05, 0) is 50.9 Å². The van der Waals surface area contributed by atoms with E-state index >= 15 is 0 Å². The molecule has 18 nitrogen and oxygen atoms in total. The molecule has 0 rings (SSSR count). The Morgan fingerprint density at radius 3 is 0.762 bits per heavy atom. The molecule has 54 heteroatoms. The van der Waals surface area contributed by atoms with Crippen molar-refractivity contribution in [2.45, 2.75) is 198 Å². The van der Waals surface area contributed by atoms with Crippen LogP contribution >= 0.6 is 0 Å². The van der Waals surface area contributed by atoms with E-state index in [2.05, 4.69) is 23.7 Å². The molecule has 0 spiro atoms. The number of carbonyl (C=O) groups is 6. The van der Waals surface area contributed by atoms with E-state index in [9.17, 15) is 187 Å². The number of rotatable bonds is 47. The fourth-order valence-electron chi connectivity index (χ4n) is 7.62. The molecule has 0 bridgehead atoms. The van der Waals surface area contributed by atoms with Gasteiger partial charge in [-0.1, -0.05) is 46.5 Å². The van der Waals surface area contributed by atoms with Crippen molar-refractivity contribution in [1.29, 1.82) is 0 Å². The third-order valence-electron chi connectivity index (χ3n) is 14.2. The van der Waals surface area contributed by atoms with E-state index in [-0.39, 0.29) is 32.1 Å². The van der Waals surface area contributed by atoms with Crippen LogP contribution in [0.25, 0.3) is 0 Å². The zero-order chi connectivity index (χ0) is 83.0. The summed E-state index contributed by atoms with van der Waals surface area (Å²) in [6.07, 6.45) is -18.4. The molecule has 105 heavy (non-hydrogen) atoms. The van der Waals surface area contributed by atoms with Crippen molar-refractivity contribution in [2.24, 2.45) is 5.92 Å². The number of nitrogens with one attached hydrogen (secondary N) is 5. The highest BCUT2D eigenvalue weighted by Crippen LogP contribution is 2.63. The molecule has 0 fully saturated rings. The minimum Gasteiger partial charge on any atom is -0.465 e. The summed E-state index contributed by atoms with van der Waals surface area (Å²) in [4.78, 5) is 69.6. The molecule has 6 amide bonds. The van der Waals surface area contributed by atoms with Gasteiger partial charge in [0.2, 0.25) is 0 Å². The molecule has 0 aliphatic heterocycles. The summed E-state index contributed by atoms with van der Waals surface area (Å²) in [6.45, 7) is -22.1. The van der Waals surface area contributed by atoms with Crippen LogP contribution in [0.1, 0.15) is 91.4 Å². The maximum Gasteiger partial charge on any atom is 0.407 e. The minimum atomic E-state index is -8.35. The van der Waals surface area contributed by atoms with Crippen LogP contribution in [0, 0.1) is 5.92 Å². The quantitative estimate of drug-likeness (QED) is 0.0190. The maximum absolute atomic E-state index is 14.7. The third-order valence-corrected chi connectivity index (χ3v) is 14.2. The molecule has 6 N–H and O–H groups in total. The van der Waals surface area contributed by atoms with Gasteiger partial charge in [0.15, 0.2) is 33.0 Å². The first-order valence-electron chi connectivity index (χ1n) is 29.3. The molecule has 1 atom stereocenters. The Balaban J connectivity index is 6.64. The van der Waals surface area contributed by atoms with Crippen molar-refractivity contribution >= 4 is 36.6 Å². The van der Waals surface area contributed by atoms with Gasteiger partial charge in [-0.25, -0.2) is 28.8 Å². The van der Waals surface area contributed by atoms with Gasteiger partial charge in [0.1, 0.15) is 0 Å². The van der Waals surface area contributed by atoms with Crippen molar-refractivity contribution in [1.82, 2.24) is 31.5 Å². The molecule has 0 aromatic carbocycles. The van der Waals surface area contributed by atoms with E-state index in [1.54, 1.807) is 10.6 Å².